The highest BCUT2D eigenvalue weighted by atomic mass is 16.8. The minimum Gasteiger partial charge on any atom is -0.394 e. The normalized spacial score (nSPS) is 57.6. The van der Waals surface area contributed by atoms with Crippen molar-refractivity contribution in [2.45, 2.75) is 203 Å². The fourth-order valence-corrected chi connectivity index (χ4v) is 14.0. The number of hydrogen-bond acceptors (Lipinski definition) is 17. The van der Waals surface area contributed by atoms with Crippen LogP contribution in [0.25, 0.3) is 0 Å². The lowest BCUT2D eigenvalue weighted by atomic mass is 9.47. The van der Waals surface area contributed by atoms with Crippen molar-refractivity contribution in [3.63, 3.8) is 0 Å². The third kappa shape index (κ3) is 7.49. The molecule has 26 atom stereocenters. The van der Waals surface area contributed by atoms with E-state index in [1.165, 1.54) is 12.5 Å². The highest BCUT2D eigenvalue weighted by Gasteiger charge is 2.69. The molecule has 62 heavy (non-hydrogen) atoms. The van der Waals surface area contributed by atoms with Crippen molar-refractivity contribution in [1.29, 1.82) is 0 Å². The molecule has 0 bridgehead atoms. The van der Waals surface area contributed by atoms with E-state index in [4.69, 9.17) is 37.9 Å². The lowest BCUT2D eigenvalue weighted by Gasteiger charge is -2.59. The summed E-state index contributed by atoms with van der Waals surface area (Å²) in [6, 6.07) is 0. The number of aliphatic hydroxyl groups excluding tert-OH is 9. The average Bonchev–Trinajstić information content (AvgIpc) is 3.70. The van der Waals surface area contributed by atoms with E-state index in [1.54, 1.807) is 0 Å². The Morgan fingerprint density at radius 1 is 0.677 bits per heavy atom. The number of aliphatic hydroxyl groups is 9. The van der Waals surface area contributed by atoms with Gasteiger partial charge in [-0.3, -0.25) is 0 Å². The first-order valence-corrected chi connectivity index (χ1v) is 23.4. The van der Waals surface area contributed by atoms with E-state index in [0.717, 1.165) is 51.6 Å². The summed E-state index contributed by atoms with van der Waals surface area (Å²) < 4.78 is 50.3. The molecule has 1 spiro atoms. The van der Waals surface area contributed by atoms with Crippen LogP contribution in [0.2, 0.25) is 0 Å². The molecule has 0 amide bonds. The molecule has 3 saturated carbocycles. The van der Waals surface area contributed by atoms with E-state index >= 15 is 0 Å². The summed E-state index contributed by atoms with van der Waals surface area (Å²) in [4.78, 5) is 0. The van der Waals surface area contributed by atoms with E-state index < -0.39 is 117 Å². The quantitative estimate of drug-likeness (QED) is 0.148. The number of ether oxygens (including phenoxy) is 8. The van der Waals surface area contributed by atoms with Crippen LogP contribution >= 0.6 is 0 Å². The molecule has 0 aromatic carbocycles. The molecular weight excluding hydrogens is 812 g/mol. The number of fused-ring (bicyclic) bond motifs is 7. The molecule has 5 saturated heterocycles. The fraction of sp³-hybridized carbons (Fsp3) is 0.956. The summed E-state index contributed by atoms with van der Waals surface area (Å²) in [5, 5.41) is 95.8. The molecule has 5 aliphatic heterocycles. The topological polar surface area (TPSA) is 256 Å². The van der Waals surface area contributed by atoms with E-state index in [0.29, 0.717) is 48.3 Å². The van der Waals surface area contributed by atoms with E-state index in [9.17, 15) is 46.0 Å². The molecule has 15 unspecified atom stereocenters. The van der Waals surface area contributed by atoms with Gasteiger partial charge in [0.15, 0.2) is 24.7 Å². The highest BCUT2D eigenvalue weighted by Crippen LogP contribution is 2.70. The molecule has 9 aliphatic rings. The number of hydrogen-bond donors (Lipinski definition) is 9. The third-order valence-electron chi connectivity index (χ3n) is 17.7. The SMILES string of the molecule is CC1CC[C@@]2(OC1)O[C@@H]1C[C@@H]3[C@H]4CC=C5CC(O[C@H]6OC(CO)C(O)C(O[C@H]7OC(CO)C(O)C(O)C7O)C6O[C@H]6OC(C)C(O)C(O)C6O)CC[C@]5(C)[C@@H]4CC[C@]3(C)[C@@H]1C2C. The van der Waals surface area contributed by atoms with Gasteiger partial charge in [-0.2, -0.15) is 0 Å². The van der Waals surface area contributed by atoms with Crippen LogP contribution in [0.3, 0.4) is 0 Å². The molecule has 0 radical (unpaired) electrons. The zero-order valence-corrected chi connectivity index (χ0v) is 36.6. The van der Waals surface area contributed by atoms with Gasteiger partial charge in [-0.15, -0.1) is 0 Å². The molecule has 5 heterocycles. The maximum absolute atomic E-state index is 11.6. The molecule has 8 fully saturated rings. The molecule has 0 aromatic rings. The Bertz CT molecular complexity index is 1610. The Morgan fingerprint density at radius 2 is 1.34 bits per heavy atom. The highest BCUT2D eigenvalue weighted by molar-refractivity contribution is 5.26. The summed E-state index contributed by atoms with van der Waals surface area (Å²) in [7, 11) is 0. The van der Waals surface area contributed by atoms with Crippen LogP contribution in [0.5, 0.6) is 0 Å². The van der Waals surface area contributed by atoms with Gasteiger partial charge in [0, 0.05) is 12.3 Å². The van der Waals surface area contributed by atoms with Crippen LogP contribution in [0, 0.1) is 46.3 Å². The van der Waals surface area contributed by atoms with E-state index in [2.05, 4.69) is 33.8 Å². The minimum absolute atomic E-state index is 0.0484. The monoisotopic (exact) mass is 884 g/mol. The van der Waals surface area contributed by atoms with Crippen molar-refractivity contribution >= 4 is 0 Å². The van der Waals surface area contributed by atoms with Gasteiger partial charge >= 0.3 is 0 Å². The largest absolute Gasteiger partial charge is 0.394 e. The Morgan fingerprint density at radius 3 is 2.03 bits per heavy atom. The molecule has 9 rings (SSSR count). The molecule has 354 valence electrons. The van der Waals surface area contributed by atoms with Crippen molar-refractivity contribution in [3.05, 3.63) is 11.6 Å². The van der Waals surface area contributed by atoms with Crippen molar-refractivity contribution < 1.29 is 83.9 Å². The molecule has 17 heteroatoms. The smallest absolute Gasteiger partial charge is 0.187 e. The summed E-state index contributed by atoms with van der Waals surface area (Å²) >= 11 is 0. The Kier molecular flexibility index (Phi) is 12.9. The molecule has 4 aliphatic carbocycles. The van der Waals surface area contributed by atoms with Gasteiger partial charge in [0.05, 0.1) is 38.1 Å². The zero-order valence-electron chi connectivity index (χ0n) is 36.6. The second kappa shape index (κ2) is 17.3. The third-order valence-corrected chi connectivity index (χ3v) is 17.7. The molecule has 0 aromatic heterocycles. The Labute approximate surface area is 363 Å². The van der Waals surface area contributed by atoms with Crippen LogP contribution in [-0.4, -0.2) is 176 Å². The molecule has 17 nitrogen and oxygen atoms in total. The second-order valence-corrected chi connectivity index (χ2v) is 21.1. The summed E-state index contributed by atoms with van der Waals surface area (Å²) in [6.07, 6.45) is -12.4. The predicted molar refractivity (Wildman–Crippen MR) is 214 cm³/mol. The van der Waals surface area contributed by atoms with Crippen molar-refractivity contribution in [2.24, 2.45) is 46.3 Å². The van der Waals surface area contributed by atoms with Gasteiger partial charge in [0.2, 0.25) is 0 Å². The van der Waals surface area contributed by atoms with Crippen molar-refractivity contribution in [2.75, 3.05) is 19.8 Å². The van der Waals surface area contributed by atoms with Gasteiger partial charge in [0.1, 0.15) is 67.1 Å². The van der Waals surface area contributed by atoms with Crippen molar-refractivity contribution in [3.8, 4) is 0 Å². The van der Waals surface area contributed by atoms with Crippen molar-refractivity contribution in [1.82, 2.24) is 0 Å². The van der Waals surface area contributed by atoms with Crippen LogP contribution in [0.1, 0.15) is 92.4 Å². The zero-order chi connectivity index (χ0) is 44.2. The van der Waals surface area contributed by atoms with E-state index in [-0.39, 0.29) is 16.9 Å². The van der Waals surface area contributed by atoms with Crippen LogP contribution in [0.15, 0.2) is 11.6 Å². The number of allylic oxidation sites excluding steroid dienone is 1. The summed E-state index contributed by atoms with van der Waals surface area (Å²) in [6.45, 7) is 10.4. The van der Waals surface area contributed by atoms with Crippen LogP contribution in [-0.2, 0) is 37.9 Å². The van der Waals surface area contributed by atoms with Gasteiger partial charge in [0.25, 0.3) is 0 Å². The Balaban J connectivity index is 0.940. The second-order valence-electron chi connectivity index (χ2n) is 21.1. The first-order chi connectivity index (χ1) is 29.4. The summed E-state index contributed by atoms with van der Waals surface area (Å²) in [5.41, 5.74) is 1.45. The number of rotatable bonds is 8. The van der Waals surface area contributed by atoms with Crippen LogP contribution in [0.4, 0.5) is 0 Å². The van der Waals surface area contributed by atoms with Crippen LogP contribution < -0.4 is 0 Å². The lowest BCUT2D eigenvalue weighted by Crippen LogP contribution is -2.67. The first-order valence-electron chi connectivity index (χ1n) is 23.4. The van der Waals surface area contributed by atoms with Gasteiger partial charge in [-0.1, -0.05) is 39.3 Å². The average molecular weight is 885 g/mol. The maximum atomic E-state index is 11.6. The van der Waals surface area contributed by atoms with Gasteiger partial charge in [-0.05, 0) is 98.7 Å². The van der Waals surface area contributed by atoms with Gasteiger partial charge < -0.3 is 83.9 Å². The van der Waals surface area contributed by atoms with E-state index in [1.807, 2.05) is 0 Å². The summed E-state index contributed by atoms with van der Waals surface area (Å²) in [5.74, 6) is 2.52. The fourth-order valence-electron chi connectivity index (χ4n) is 14.0. The minimum atomic E-state index is -1.84. The Hall–Kier alpha value is -0.940. The molecular formula is C45H72O17. The van der Waals surface area contributed by atoms with Gasteiger partial charge in [-0.25, -0.2) is 0 Å². The standard InChI is InChI=1S/C45H72O17/c1-19-8-13-45(55-18-19)20(2)30-27(62-45)15-26-24-7-6-22-14-23(9-11-43(22,4)25(24)10-12-44(26,30)5)57-42-39(61-40-36(53)34(51)31(48)21(3)56-40)38(33(50)29(17-47)59-42)60-41-37(54)35(52)32(49)28(16-46)58-41/h6,19-21,23-42,46-54H,7-18H2,1-5H3/t19?,20?,21?,23?,24-,25+,26+,27+,28?,29?,30+,31?,32?,33?,34?,35?,36?,37?,38?,39?,40+,41+,42-,43-,44-,45+/m0/s1. The predicted octanol–water partition coefficient (Wildman–Crippen LogP) is 0.214. The lowest BCUT2D eigenvalue weighted by molar-refractivity contribution is -0.394. The maximum Gasteiger partial charge on any atom is 0.187 e. The molecule has 9 N–H and O–H groups in total. The first kappa shape index (κ1) is 46.2.